The van der Waals surface area contributed by atoms with Gasteiger partial charge in [-0.1, -0.05) is 60.2 Å². The maximum Gasteiger partial charge on any atom is 0.264 e. The Bertz CT molecular complexity index is 1330. The molecule has 0 unspecified atom stereocenters. The molecule has 3 rings (SSSR count). The zero-order valence-corrected chi connectivity index (χ0v) is 23.1. The zero-order valence-electron chi connectivity index (χ0n) is 22.3. The molecule has 0 saturated carbocycles. The SMILES string of the molecule is CCNC(=O)[C@@H](C)N(Cc1ccc(C)cc1)C(=O)CN(c1ccccc1OCC)S(=O)(=O)c1ccccc1. The number of nitrogens with zero attached hydrogens (tertiary/aromatic N) is 2. The van der Waals surface area contributed by atoms with Crippen LogP contribution < -0.4 is 14.4 Å². The van der Waals surface area contributed by atoms with E-state index in [1.165, 1.54) is 17.0 Å². The highest BCUT2D eigenvalue weighted by molar-refractivity contribution is 7.92. The largest absolute Gasteiger partial charge is 0.492 e. The molecule has 0 aliphatic rings. The average molecular weight is 538 g/mol. The summed E-state index contributed by atoms with van der Waals surface area (Å²) in [4.78, 5) is 28.1. The standard InChI is InChI=1S/C29H35N3O5S/c1-5-30-29(34)23(4)31(20-24-18-16-22(3)17-19-24)28(33)21-32(26-14-10-11-15-27(26)37-6-2)38(35,36)25-12-8-7-9-13-25/h7-19,23H,5-6,20-21H2,1-4H3,(H,30,34)/t23-/m1/s1. The number of hydrogen-bond donors (Lipinski definition) is 1. The second-order valence-electron chi connectivity index (χ2n) is 8.80. The smallest absolute Gasteiger partial charge is 0.264 e. The summed E-state index contributed by atoms with van der Waals surface area (Å²) in [6.07, 6.45) is 0. The molecule has 9 heteroatoms. The molecule has 0 fully saturated rings. The summed E-state index contributed by atoms with van der Waals surface area (Å²) in [7, 11) is -4.15. The molecule has 38 heavy (non-hydrogen) atoms. The number of nitrogens with one attached hydrogen (secondary N) is 1. The number of carbonyl (C=O) groups is 2. The van der Waals surface area contributed by atoms with Crippen molar-refractivity contribution in [1.82, 2.24) is 10.2 Å². The van der Waals surface area contributed by atoms with E-state index in [-0.39, 0.29) is 23.0 Å². The second-order valence-corrected chi connectivity index (χ2v) is 10.7. The van der Waals surface area contributed by atoms with Crippen molar-refractivity contribution in [3.8, 4) is 5.75 Å². The Hall–Kier alpha value is -3.85. The quantitative estimate of drug-likeness (QED) is 0.375. The van der Waals surface area contributed by atoms with Crippen molar-refractivity contribution in [3.63, 3.8) is 0 Å². The molecular weight excluding hydrogens is 502 g/mol. The Kier molecular flexibility index (Phi) is 9.90. The number of aryl methyl sites for hydroxylation is 1. The van der Waals surface area contributed by atoms with Gasteiger partial charge >= 0.3 is 0 Å². The van der Waals surface area contributed by atoms with E-state index in [4.69, 9.17) is 4.74 Å². The lowest BCUT2D eigenvalue weighted by Crippen LogP contribution is -2.51. The zero-order chi connectivity index (χ0) is 27.7. The fraction of sp³-hybridized carbons (Fsp3) is 0.310. The van der Waals surface area contributed by atoms with Gasteiger partial charge in [-0.25, -0.2) is 8.42 Å². The number of rotatable bonds is 12. The van der Waals surface area contributed by atoms with Crippen LogP contribution in [-0.2, 0) is 26.2 Å². The predicted molar refractivity (Wildman–Crippen MR) is 148 cm³/mol. The molecule has 0 heterocycles. The Balaban J connectivity index is 2.06. The van der Waals surface area contributed by atoms with Gasteiger partial charge in [-0.05, 0) is 57.5 Å². The van der Waals surface area contributed by atoms with E-state index >= 15 is 0 Å². The first-order chi connectivity index (χ1) is 18.2. The maximum atomic E-state index is 13.9. The van der Waals surface area contributed by atoms with E-state index in [0.717, 1.165) is 15.4 Å². The number of benzene rings is 3. The van der Waals surface area contributed by atoms with Crippen LogP contribution in [0, 0.1) is 6.92 Å². The van der Waals surface area contributed by atoms with Crippen LogP contribution in [-0.4, -0.2) is 50.9 Å². The van der Waals surface area contributed by atoms with Crippen LogP contribution in [0.3, 0.4) is 0 Å². The van der Waals surface area contributed by atoms with Gasteiger partial charge in [0.15, 0.2) is 0 Å². The lowest BCUT2D eigenvalue weighted by Gasteiger charge is -2.32. The van der Waals surface area contributed by atoms with Crippen LogP contribution in [0.25, 0.3) is 0 Å². The van der Waals surface area contributed by atoms with Crippen LogP contribution in [0.1, 0.15) is 31.9 Å². The summed E-state index contributed by atoms with van der Waals surface area (Å²) in [5, 5.41) is 2.76. The van der Waals surface area contributed by atoms with Crippen molar-refractivity contribution in [2.24, 2.45) is 0 Å². The van der Waals surface area contributed by atoms with Gasteiger partial charge in [0.2, 0.25) is 11.8 Å². The molecule has 0 aliphatic carbocycles. The minimum atomic E-state index is -4.15. The molecule has 1 N–H and O–H groups in total. The minimum absolute atomic E-state index is 0.0426. The van der Waals surface area contributed by atoms with Gasteiger partial charge in [-0.2, -0.15) is 0 Å². The Morgan fingerprint density at radius 3 is 2.18 bits per heavy atom. The van der Waals surface area contributed by atoms with E-state index in [2.05, 4.69) is 5.32 Å². The van der Waals surface area contributed by atoms with E-state index in [1.54, 1.807) is 63.2 Å². The first-order valence-corrected chi connectivity index (χ1v) is 14.0. The number of anilines is 1. The van der Waals surface area contributed by atoms with Gasteiger partial charge in [-0.3, -0.25) is 13.9 Å². The minimum Gasteiger partial charge on any atom is -0.492 e. The molecule has 8 nitrogen and oxygen atoms in total. The number of para-hydroxylation sites is 2. The van der Waals surface area contributed by atoms with Gasteiger partial charge in [0, 0.05) is 13.1 Å². The predicted octanol–water partition coefficient (Wildman–Crippen LogP) is 4.14. The van der Waals surface area contributed by atoms with E-state index in [1.807, 2.05) is 31.2 Å². The van der Waals surface area contributed by atoms with Gasteiger partial charge in [-0.15, -0.1) is 0 Å². The van der Waals surface area contributed by atoms with Gasteiger partial charge in [0.25, 0.3) is 10.0 Å². The third-order valence-electron chi connectivity index (χ3n) is 6.04. The van der Waals surface area contributed by atoms with Crippen molar-refractivity contribution < 1.29 is 22.7 Å². The van der Waals surface area contributed by atoms with Gasteiger partial charge < -0.3 is 15.0 Å². The monoisotopic (exact) mass is 537 g/mol. The lowest BCUT2D eigenvalue weighted by atomic mass is 10.1. The lowest BCUT2D eigenvalue weighted by molar-refractivity contribution is -0.139. The summed E-state index contributed by atoms with van der Waals surface area (Å²) >= 11 is 0. The fourth-order valence-electron chi connectivity index (χ4n) is 3.97. The first-order valence-electron chi connectivity index (χ1n) is 12.6. The van der Waals surface area contributed by atoms with E-state index in [0.29, 0.717) is 18.9 Å². The van der Waals surface area contributed by atoms with Crippen molar-refractivity contribution in [1.29, 1.82) is 0 Å². The highest BCUT2D eigenvalue weighted by atomic mass is 32.2. The summed E-state index contributed by atoms with van der Waals surface area (Å²) in [5.41, 5.74) is 2.14. The molecule has 3 aromatic carbocycles. The number of ether oxygens (including phenoxy) is 1. The topological polar surface area (TPSA) is 96.0 Å². The van der Waals surface area contributed by atoms with Gasteiger partial charge in [0.05, 0.1) is 17.2 Å². The van der Waals surface area contributed by atoms with Crippen LogP contribution in [0.5, 0.6) is 5.75 Å². The molecule has 2 amide bonds. The number of likely N-dealkylation sites (N-methyl/N-ethyl adjacent to an activating group) is 1. The number of sulfonamides is 1. The summed E-state index contributed by atoms with van der Waals surface area (Å²) in [6, 6.07) is 21.5. The molecule has 3 aromatic rings. The summed E-state index contributed by atoms with van der Waals surface area (Å²) in [5.74, 6) is -0.501. The first kappa shape index (κ1) is 28.7. The third-order valence-corrected chi connectivity index (χ3v) is 7.81. The molecule has 1 atom stereocenters. The Morgan fingerprint density at radius 1 is 0.921 bits per heavy atom. The molecular formula is C29H35N3O5S. The fourth-order valence-corrected chi connectivity index (χ4v) is 5.41. The van der Waals surface area contributed by atoms with E-state index in [9.17, 15) is 18.0 Å². The van der Waals surface area contributed by atoms with Crippen molar-refractivity contribution in [2.45, 2.75) is 45.2 Å². The number of amides is 2. The molecule has 0 saturated heterocycles. The summed E-state index contributed by atoms with van der Waals surface area (Å²) in [6.45, 7) is 7.56. The Labute approximate surface area is 225 Å². The highest BCUT2D eigenvalue weighted by Crippen LogP contribution is 2.32. The van der Waals surface area contributed by atoms with Crippen molar-refractivity contribution in [2.75, 3.05) is 24.0 Å². The van der Waals surface area contributed by atoms with E-state index < -0.39 is 28.5 Å². The normalized spacial score (nSPS) is 11.9. The summed E-state index contributed by atoms with van der Waals surface area (Å²) < 4.78 is 34.5. The molecule has 202 valence electrons. The molecule has 0 aliphatic heterocycles. The maximum absolute atomic E-state index is 13.9. The average Bonchev–Trinajstić information content (AvgIpc) is 2.92. The van der Waals surface area contributed by atoms with Crippen LogP contribution >= 0.6 is 0 Å². The molecule has 0 aromatic heterocycles. The Morgan fingerprint density at radius 2 is 1.55 bits per heavy atom. The molecule has 0 radical (unpaired) electrons. The van der Waals surface area contributed by atoms with Crippen molar-refractivity contribution in [3.05, 3.63) is 90.0 Å². The molecule has 0 bridgehead atoms. The van der Waals surface area contributed by atoms with Crippen LogP contribution in [0.2, 0.25) is 0 Å². The van der Waals surface area contributed by atoms with Gasteiger partial charge in [0.1, 0.15) is 18.3 Å². The second kappa shape index (κ2) is 13.1. The third kappa shape index (κ3) is 6.92. The highest BCUT2D eigenvalue weighted by Gasteiger charge is 2.33. The van der Waals surface area contributed by atoms with Crippen LogP contribution in [0.4, 0.5) is 5.69 Å². The molecule has 0 spiro atoms. The number of carbonyl (C=O) groups excluding carboxylic acids is 2. The van der Waals surface area contributed by atoms with Crippen molar-refractivity contribution >= 4 is 27.5 Å². The van der Waals surface area contributed by atoms with Crippen LogP contribution in [0.15, 0.2) is 83.8 Å². The number of hydrogen-bond acceptors (Lipinski definition) is 5.